The lowest BCUT2D eigenvalue weighted by atomic mass is 10.2. The topological polar surface area (TPSA) is 92.5 Å². The Labute approximate surface area is 136 Å². The molecule has 0 bridgehead atoms. The quantitative estimate of drug-likeness (QED) is 0.910. The van der Waals surface area contributed by atoms with Gasteiger partial charge in [0, 0.05) is 24.9 Å². The van der Waals surface area contributed by atoms with Crippen molar-refractivity contribution >= 4 is 33.4 Å². The lowest BCUT2D eigenvalue weighted by Gasteiger charge is -2.17. The van der Waals surface area contributed by atoms with Crippen molar-refractivity contribution in [3.63, 3.8) is 0 Å². The molecule has 1 fully saturated rings. The predicted molar refractivity (Wildman–Crippen MR) is 86.0 cm³/mol. The average molecular weight is 335 g/mol. The van der Waals surface area contributed by atoms with Gasteiger partial charge < -0.3 is 10.0 Å². The summed E-state index contributed by atoms with van der Waals surface area (Å²) in [6.45, 7) is 3.20. The zero-order valence-electron chi connectivity index (χ0n) is 12.7. The summed E-state index contributed by atoms with van der Waals surface area (Å²) in [5, 5.41) is 10.7. The fourth-order valence-corrected chi connectivity index (χ4v) is 3.78. The fraction of sp³-hybridized carbons (Fsp3) is 0.467. The summed E-state index contributed by atoms with van der Waals surface area (Å²) in [6, 6.07) is 0. The van der Waals surface area contributed by atoms with E-state index in [0.29, 0.717) is 30.2 Å². The van der Waals surface area contributed by atoms with Crippen LogP contribution in [0.5, 0.6) is 0 Å². The number of thiophene rings is 1. The van der Waals surface area contributed by atoms with Crippen LogP contribution in [0.3, 0.4) is 0 Å². The number of carbonyl (C=O) groups excluding carboxylic acids is 1. The normalized spacial score (nSPS) is 14.6. The number of aromatic nitrogens is 2. The van der Waals surface area contributed by atoms with E-state index in [9.17, 15) is 19.5 Å². The van der Waals surface area contributed by atoms with Crippen LogP contribution < -0.4 is 5.56 Å². The maximum atomic E-state index is 12.7. The molecule has 3 heterocycles. The van der Waals surface area contributed by atoms with Gasteiger partial charge in [0.2, 0.25) is 5.91 Å². The maximum Gasteiger partial charge on any atom is 0.337 e. The van der Waals surface area contributed by atoms with Crippen molar-refractivity contribution in [1.82, 2.24) is 14.5 Å². The number of aryl methyl sites for hydroxylation is 1. The third kappa shape index (κ3) is 2.74. The molecule has 0 unspecified atom stereocenters. The SMILES string of the molecule is CCc1nc2scc(C(=O)O)c2c(=O)n1CC(=O)N1CCCC1. The van der Waals surface area contributed by atoms with Gasteiger partial charge in [-0.3, -0.25) is 14.2 Å². The van der Waals surface area contributed by atoms with Crippen molar-refractivity contribution in [1.29, 1.82) is 0 Å². The van der Waals surface area contributed by atoms with Crippen molar-refractivity contribution in [3.8, 4) is 0 Å². The first-order chi connectivity index (χ1) is 11.0. The molecule has 2 aromatic rings. The van der Waals surface area contributed by atoms with Crippen LogP contribution in [-0.4, -0.2) is 44.5 Å². The van der Waals surface area contributed by atoms with Gasteiger partial charge in [-0.25, -0.2) is 9.78 Å². The highest BCUT2D eigenvalue weighted by Crippen LogP contribution is 2.22. The minimum atomic E-state index is -1.16. The zero-order chi connectivity index (χ0) is 16.6. The fourth-order valence-electron chi connectivity index (χ4n) is 2.86. The molecule has 1 N–H and O–H groups in total. The Kier molecular flexibility index (Phi) is 4.16. The van der Waals surface area contributed by atoms with E-state index >= 15 is 0 Å². The van der Waals surface area contributed by atoms with Gasteiger partial charge in [-0.1, -0.05) is 6.92 Å². The largest absolute Gasteiger partial charge is 0.478 e. The summed E-state index contributed by atoms with van der Waals surface area (Å²) >= 11 is 1.14. The van der Waals surface area contributed by atoms with Gasteiger partial charge in [-0.15, -0.1) is 11.3 Å². The first kappa shape index (κ1) is 15.7. The van der Waals surface area contributed by atoms with Crippen molar-refractivity contribution < 1.29 is 14.7 Å². The molecule has 2 aromatic heterocycles. The molecule has 0 aliphatic carbocycles. The van der Waals surface area contributed by atoms with Crippen LogP contribution in [0.2, 0.25) is 0 Å². The summed E-state index contributed by atoms with van der Waals surface area (Å²) in [6.07, 6.45) is 2.46. The third-order valence-corrected chi connectivity index (χ3v) is 4.94. The van der Waals surface area contributed by atoms with Gasteiger partial charge in [-0.05, 0) is 12.8 Å². The molecular formula is C15H17N3O4S. The van der Waals surface area contributed by atoms with Crippen LogP contribution >= 0.6 is 11.3 Å². The van der Waals surface area contributed by atoms with Crippen LogP contribution in [0.1, 0.15) is 35.9 Å². The van der Waals surface area contributed by atoms with Gasteiger partial charge >= 0.3 is 5.97 Å². The standard InChI is InChI=1S/C15H17N3O4S/c1-2-10-16-13-12(9(8-23-13)15(21)22)14(20)18(10)7-11(19)17-5-3-4-6-17/h8H,2-7H2,1H3,(H,21,22). The Morgan fingerprint density at radius 1 is 1.35 bits per heavy atom. The van der Waals surface area contributed by atoms with E-state index < -0.39 is 11.5 Å². The maximum absolute atomic E-state index is 12.7. The number of rotatable bonds is 4. The molecule has 122 valence electrons. The van der Waals surface area contributed by atoms with Crippen molar-refractivity contribution in [2.75, 3.05) is 13.1 Å². The number of nitrogens with zero attached hydrogens (tertiary/aromatic N) is 3. The molecule has 0 saturated carbocycles. The molecule has 7 nitrogen and oxygen atoms in total. The van der Waals surface area contributed by atoms with Crippen LogP contribution in [0.25, 0.3) is 10.2 Å². The summed E-state index contributed by atoms with van der Waals surface area (Å²) in [7, 11) is 0. The van der Waals surface area contributed by atoms with E-state index in [-0.39, 0.29) is 23.4 Å². The second-order valence-electron chi connectivity index (χ2n) is 5.50. The van der Waals surface area contributed by atoms with Gasteiger partial charge in [-0.2, -0.15) is 0 Å². The highest BCUT2D eigenvalue weighted by molar-refractivity contribution is 7.17. The van der Waals surface area contributed by atoms with E-state index in [4.69, 9.17) is 0 Å². The number of hydrogen-bond acceptors (Lipinski definition) is 5. The van der Waals surface area contributed by atoms with Crippen molar-refractivity contribution in [3.05, 3.63) is 27.1 Å². The molecule has 0 aromatic carbocycles. The molecule has 0 spiro atoms. The molecule has 3 rings (SSSR count). The first-order valence-electron chi connectivity index (χ1n) is 7.55. The van der Waals surface area contributed by atoms with E-state index in [0.717, 1.165) is 24.2 Å². The number of aromatic carboxylic acids is 1. The molecule has 1 aliphatic heterocycles. The van der Waals surface area contributed by atoms with Crippen molar-refractivity contribution in [2.24, 2.45) is 0 Å². The van der Waals surface area contributed by atoms with Gasteiger partial charge in [0.25, 0.3) is 5.56 Å². The van der Waals surface area contributed by atoms with Crippen LogP contribution in [0.4, 0.5) is 0 Å². The lowest BCUT2D eigenvalue weighted by Crippen LogP contribution is -2.36. The molecule has 1 aliphatic rings. The zero-order valence-corrected chi connectivity index (χ0v) is 13.6. The summed E-state index contributed by atoms with van der Waals surface area (Å²) in [5.74, 6) is -0.766. The smallest absolute Gasteiger partial charge is 0.337 e. The number of carboxylic acid groups (broad SMARTS) is 1. The Morgan fingerprint density at radius 2 is 2.04 bits per heavy atom. The average Bonchev–Trinajstić information content (AvgIpc) is 3.18. The van der Waals surface area contributed by atoms with E-state index in [1.807, 2.05) is 6.92 Å². The van der Waals surface area contributed by atoms with Gasteiger partial charge in [0.1, 0.15) is 17.2 Å². The number of amides is 1. The first-order valence-corrected chi connectivity index (χ1v) is 8.43. The second-order valence-corrected chi connectivity index (χ2v) is 6.35. The minimum absolute atomic E-state index is 0.0486. The highest BCUT2D eigenvalue weighted by Gasteiger charge is 2.23. The van der Waals surface area contributed by atoms with E-state index in [1.54, 1.807) is 4.90 Å². The molecule has 23 heavy (non-hydrogen) atoms. The minimum Gasteiger partial charge on any atom is -0.478 e. The predicted octanol–water partition coefficient (Wildman–Crippen LogP) is 1.34. The van der Waals surface area contributed by atoms with Crippen LogP contribution in [-0.2, 0) is 17.8 Å². The lowest BCUT2D eigenvalue weighted by molar-refractivity contribution is -0.130. The Hall–Kier alpha value is -2.22. The summed E-state index contributed by atoms with van der Waals surface area (Å²) in [5.41, 5.74) is -0.495. The highest BCUT2D eigenvalue weighted by atomic mass is 32.1. The molecule has 8 heteroatoms. The molecule has 0 radical (unpaired) electrons. The molecule has 1 saturated heterocycles. The van der Waals surface area contributed by atoms with E-state index in [1.165, 1.54) is 9.95 Å². The summed E-state index contributed by atoms with van der Waals surface area (Å²) in [4.78, 5) is 42.9. The van der Waals surface area contributed by atoms with Crippen LogP contribution in [0.15, 0.2) is 10.2 Å². The Bertz CT molecular complexity index is 833. The number of fused-ring (bicyclic) bond motifs is 1. The van der Waals surface area contributed by atoms with Gasteiger partial charge in [0.15, 0.2) is 0 Å². The Balaban J connectivity index is 2.08. The monoisotopic (exact) mass is 335 g/mol. The summed E-state index contributed by atoms with van der Waals surface area (Å²) < 4.78 is 1.32. The number of carbonyl (C=O) groups is 2. The number of carboxylic acids is 1. The molecular weight excluding hydrogens is 318 g/mol. The van der Waals surface area contributed by atoms with E-state index in [2.05, 4.69) is 4.98 Å². The number of hydrogen-bond donors (Lipinski definition) is 1. The van der Waals surface area contributed by atoms with Crippen molar-refractivity contribution in [2.45, 2.75) is 32.7 Å². The number of likely N-dealkylation sites (tertiary alicyclic amines) is 1. The Morgan fingerprint density at radius 3 is 2.65 bits per heavy atom. The second kappa shape index (κ2) is 6.11. The molecule has 1 amide bonds. The van der Waals surface area contributed by atoms with Gasteiger partial charge in [0.05, 0.1) is 10.9 Å². The molecule has 0 atom stereocenters. The van der Waals surface area contributed by atoms with Crippen LogP contribution in [0, 0.1) is 0 Å². The third-order valence-electron chi connectivity index (χ3n) is 4.07.